The van der Waals surface area contributed by atoms with Gasteiger partial charge in [-0.25, -0.2) is 4.98 Å². The second-order valence-corrected chi connectivity index (χ2v) is 5.46. The topological polar surface area (TPSA) is 61.8 Å². The largest absolute Gasteiger partial charge is 0.454 e. The van der Waals surface area contributed by atoms with Crippen molar-refractivity contribution < 1.29 is 9.47 Å². The van der Waals surface area contributed by atoms with E-state index < -0.39 is 0 Å². The molecular formula is C14H9Cl2N3O2. The van der Waals surface area contributed by atoms with E-state index in [9.17, 15) is 0 Å². The molecule has 0 aliphatic carbocycles. The molecule has 0 amide bonds. The zero-order valence-corrected chi connectivity index (χ0v) is 12.1. The van der Waals surface area contributed by atoms with E-state index in [2.05, 4.69) is 4.98 Å². The fourth-order valence-corrected chi connectivity index (χ4v) is 2.86. The summed E-state index contributed by atoms with van der Waals surface area (Å²) in [5.74, 6) is 1.85. The number of pyridine rings is 1. The van der Waals surface area contributed by atoms with Gasteiger partial charge in [0.05, 0.1) is 10.0 Å². The van der Waals surface area contributed by atoms with Gasteiger partial charge in [-0.1, -0.05) is 23.2 Å². The van der Waals surface area contributed by atoms with E-state index in [1.807, 2.05) is 18.2 Å². The number of halogens is 2. The lowest BCUT2D eigenvalue weighted by atomic mass is 10.1. The van der Waals surface area contributed by atoms with Gasteiger partial charge in [0.1, 0.15) is 11.5 Å². The van der Waals surface area contributed by atoms with E-state index in [-0.39, 0.29) is 6.79 Å². The fraction of sp³-hybridized carbons (Fsp3) is 0.0714. The predicted molar refractivity (Wildman–Crippen MR) is 81.2 cm³/mol. The number of benzene rings is 1. The Kier molecular flexibility index (Phi) is 2.67. The van der Waals surface area contributed by atoms with Gasteiger partial charge in [-0.2, -0.15) is 0 Å². The summed E-state index contributed by atoms with van der Waals surface area (Å²) < 4.78 is 12.3. The van der Waals surface area contributed by atoms with Crippen molar-refractivity contribution in [2.75, 3.05) is 12.5 Å². The normalized spacial score (nSPS) is 13.0. The Morgan fingerprint density at radius 1 is 1.14 bits per heavy atom. The second kappa shape index (κ2) is 4.44. The Hall–Kier alpha value is -2.11. The molecule has 1 aliphatic heterocycles. The van der Waals surface area contributed by atoms with Crippen LogP contribution in [0.15, 0.2) is 30.5 Å². The summed E-state index contributed by atoms with van der Waals surface area (Å²) in [6.07, 6.45) is 1.68. The van der Waals surface area contributed by atoms with Crippen LogP contribution in [0.25, 0.3) is 16.9 Å². The summed E-state index contributed by atoms with van der Waals surface area (Å²) in [6, 6.07) is 7.18. The van der Waals surface area contributed by atoms with Gasteiger partial charge in [0, 0.05) is 11.8 Å². The molecule has 5 nitrogen and oxygen atoms in total. The van der Waals surface area contributed by atoms with Gasteiger partial charge < -0.3 is 15.2 Å². The molecule has 7 heteroatoms. The number of anilines is 1. The Morgan fingerprint density at radius 3 is 2.81 bits per heavy atom. The number of hydrogen-bond acceptors (Lipinski definition) is 4. The number of hydrogen-bond donors (Lipinski definition) is 1. The van der Waals surface area contributed by atoms with Crippen LogP contribution in [0.2, 0.25) is 10.0 Å². The Bertz CT molecular complexity index is 876. The number of aromatic nitrogens is 2. The minimum atomic E-state index is 0.223. The molecule has 2 N–H and O–H groups in total. The van der Waals surface area contributed by atoms with E-state index >= 15 is 0 Å². The van der Waals surface area contributed by atoms with Crippen LogP contribution in [-0.2, 0) is 0 Å². The summed E-state index contributed by atoms with van der Waals surface area (Å²) in [6.45, 7) is 0.223. The molecule has 0 atom stereocenters. The van der Waals surface area contributed by atoms with Gasteiger partial charge in [0.15, 0.2) is 17.1 Å². The van der Waals surface area contributed by atoms with Gasteiger partial charge in [-0.05, 0) is 24.3 Å². The molecule has 0 radical (unpaired) electrons. The van der Waals surface area contributed by atoms with Crippen molar-refractivity contribution in [2.24, 2.45) is 0 Å². The second-order valence-electron chi connectivity index (χ2n) is 4.61. The third-order valence-corrected chi connectivity index (χ3v) is 3.81. The zero-order chi connectivity index (χ0) is 14.6. The van der Waals surface area contributed by atoms with Gasteiger partial charge in [0.25, 0.3) is 0 Å². The van der Waals surface area contributed by atoms with Crippen molar-refractivity contribution in [2.45, 2.75) is 0 Å². The number of imidazole rings is 1. The van der Waals surface area contributed by atoms with Crippen molar-refractivity contribution in [1.29, 1.82) is 0 Å². The molecule has 0 unspecified atom stereocenters. The fourth-order valence-electron chi connectivity index (χ4n) is 2.35. The first-order chi connectivity index (χ1) is 10.1. The highest BCUT2D eigenvalue weighted by atomic mass is 35.5. The lowest BCUT2D eigenvalue weighted by molar-refractivity contribution is 0.174. The van der Waals surface area contributed by atoms with E-state index in [0.717, 1.165) is 5.56 Å². The number of nitrogens with zero attached hydrogens (tertiary/aromatic N) is 2. The zero-order valence-electron chi connectivity index (χ0n) is 10.6. The summed E-state index contributed by atoms with van der Waals surface area (Å²) in [5.41, 5.74) is 8.18. The molecule has 0 saturated carbocycles. The number of fused-ring (bicyclic) bond motifs is 2. The highest BCUT2D eigenvalue weighted by Gasteiger charge is 2.18. The molecule has 1 aliphatic rings. The van der Waals surface area contributed by atoms with Crippen LogP contribution in [0.3, 0.4) is 0 Å². The minimum absolute atomic E-state index is 0.223. The third kappa shape index (κ3) is 1.89. The summed E-state index contributed by atoms with van der Waals surface area (Å²) in [4.78, 5) is 4.50. The van der Waals surface area contributed by atoms with Crippen molar-refractivity contribution in [3.8, 4) is 22.8 Å². The highest BCUT2D eigenvalue weighted by molar-refractivity contribution is 6.36. The van der Waals surface area contributed by atoms with Gasteiger partial charge in [-0.15, -0.1) is 0 Å². The molecule has 3 heterocycles. The average molecular weight is 322 g/mol. The molecule has 3 aromatic rings. The smallest absolute Gasteiger partial charge is 0.231 e. The lowest BCUT2D eigenvalue weighted by Gasteiger charge is -2.02. The van der Waals surface area contributed by atoms with Gasteiger partial charge in [0.2, 0.25) is 6.79 Å². The molecule has 0 fully saturated rings. The first-order valence-electron chi connectivity index (χ1n) is 6.16. The van der Waals surface area contributed by atoms with Crippen molar-refractivity contribution >= 4 is 34.7 Å². The van der Waals surface area contributed by atoms with Crippen LogP contribution < -0.4 is 15.2 Å². The highest BCUT2D eigenvalue weighted by Crippen LogP contribution is 2.38. The number of rotatable bonds is 1. The van der Waals surface area contributed by atoms with Crippen molar-refractivity contribution in [1.82, 2.24) is 9.38 Å². The molecule has 0 bridgehead atoms. The van der Waals surface area contributed by atoms with E-state index in [4.69, 9.17) is 38.4 Å². The first kappa shape index (κ1) is 12.6. The monoisotopic (exact) mass is 321 g/mol. The number of nitrogens with two attached hydrogens (primary N) is 1. The van der Waals surface area contributed by atoms with Crippen molar-refractivity contribution in [3.05, 3.63) is 40.5 Å². The number of ether oxygens (including phenoxy) is 2. The Morgan fingerprint density at radius 2 is 1.95 bits per heavy atom. The molecule has 21 heavy (non-hydrogen) atoms. The standard InChI is InChI=1S/C14H9Cl2N3O2/c15-8-4-9(16)14-18-12(13(17)19(14)5-8)7-1-2-10-11(3-7)21-6-20-10/h1-5H,6,17H2. The Balaban J connectivity index is 1.94. The first-order valence-corrected chi connectivity index (χ1v) is 6.91. The molecule has 2 aromatic heterocycles. The van der Waals surface area contributed by atoms with E-state index in [1.54, 1.807) is 16.7 Å². The summed E-state index contributed by atoms with van der Waals surface area (Å²) in [7, 11) is 0. The van der Waals surface area contributed by atoms with Crippen molar-refractivity contribution in [3.63, 3.8) is 0 Å². The maximum absolute atomic E-state index is 6.17. The number of nitrogen functional groups attached to an aromatic ring is 1. The van der Waals surface area contributed by atoms with Crippen LogP contribution in [0.5, 0.6) is 11.5 Å². The minimum Gasteiger partial charge on any atom is -0.454 e. The SMILES string of the molecule is Nc1c(-c2ccc3c(c2)OCO3)nc2c(Cl)cc(Cl)cn12. The third-order valence-electron chi connectivity index (χ3n) is 3.32. The molecule has 4 rings (SSSR count). The van der Waals surface area contributed by atoms with E-state index in [1.165, 1.54) is 0 Å². The molecule has 0 spiro atoms. The summed E-state index contributed by atoms with van der Waals surface area (Å²) >= 11 is 12.2. The molecule has 1 aromatic carbocycles. The van der Waals surface area contributed by atoms with Crippen LogP contribution in [0, 0.1) is 0 Å². The maximum atomic E-state index is 6.17. The average Bonchev–Trinajstić information content (AvgIpc) is 3.04. The Labute approximate surface area is 129 Å². The predicted octanol–water partition coefficient (Wildman–Crippen LogP) is 3.62. The molecular weight excluding hydrogens is 313 g/mol. The van der Waals surface area contributed by atoms with Crippen LogP contribution in [-0.4, -0.2) is 16.2 Å². The lowest BCUT2D eigenvalue weighted by Crippen LogP contribution is -1.94. The molecule has 0 saturated heterocycles. The van der Waals surface area contributed by atoms with Crippen LogP contribution >= 0.6 is 23.2 Å². The maximum Gasteiger partial charge on any atom is 0.231 e. The van der Waals surface area contributed by atoms with Crippen LogP contribution in [0.1, 0.15) is 0 Å². The van der Waals surface area contributed by atoms with Gasteiger partial charge >= 0.3 is 0 Å². The quantitative estimate of drug-likeness (QED) is 0.743. The van der Waals surface area contributed by atoms with E-state index in [0.29, 0.717) is 38.7 Å². The van der Waals surface area contributed by atoms with Crippen LogP contribution in [0.4, 0.5) is 5.82 Å². The summed E-state index contributed by atoms with van der Waals surface area (Å²) in [5, 5.41) is 0.940. The molecule has 106 valence electrons. The van der Waals surface area contributed by atoms with Gasteiger partial charge in [-0.3, -0.25) is 4.40 Å².